The summed E-state index contributed by atoms with van der Waals surface area (Å²) in [7, 11) is 0. The van der Waals surface area contributed by atoms with Gasteiger partial charge in [-0.25, -0.2) is 0 Å². The van der Waals surface area contributed by atoms with Gasteiger partial charge in [-0.15, -0.1) is 0 Å². The van der Waals surface area contributed by atoms with Crippen LogP contribution in [0.3, 0.4) is 0 Å². The minimum absolute atomic E-state index is 0.0706. The Labute approximate surface area is 109 Å². The molecule has 1 fully saturated rings. The highest BCUT2D eigenvalue weighted by atomic mass is 16.5. The van der Waals surface area contributed by atoms with Crippen LogP contribution < -0.4 is 0 Å². The zero-order valence-corrected chi connectivity index (χ0v) is 11.6. The van der Waals surface area contributed by atoms with Crippen molar-refractivity contribution >= 4 is 0 Å². The highest BCUT2D eigenvalue weighted by molar-refractivity contribution is 5.01. The van der Waals surface area contributed by atoms with Gasteiger partial charge in [0.1, 0.15) is 0 Å². The van der Waals surface area contributed by atoms with Gasteiger partial charge in [-0.2, -0.15) is 4.98 Å². The van der Waals surface area contributed by atoms with Crippen LogP contribution in [0.1, 0.15) is 76.4 Å². The maximum Gasteiger partial charge on any atom is 0.232 e. The maximum absolute atomic E-state index is 9.81. The summed E-state index contributed by atoms with van der Waals surface area (Å²) in [5, 5.41) is 13.9. The van der Waals surface area contributed by atoms with Crippen molar-refractivity contribution in [3.63, 3.8) is 0 Å². The van der Waals surface area contributed by atoms with E-state index in [1.807, 2.05) is 13.8 Å². The van der Waals surface area contributed by atoms with Crippen molar-refractivity contribution in [2.24, 2.45) is 5.92 Å². The topological polar surface area (TPSA) is 59.2 Å². The molecule has 2 rings (SSSR count). The molecule has 1 aliphatic carbocycles. The summed E-state index contributed by atoms with van der Waals surface area (Å²) in [6.45, 7) is 6.20. The Morgan fingerprint density at radius 3 is 2.61 bits per heavy atom. The summed E-state index contributed by atoms with van der Waals surface area (Å²) < 4.78 is 5.31. The van der Waals surface area contributed by atoms with Crippen molar-refractivity contribution in [3.8, 4) is 0 Å². The van der Waals surface area contributed by atoms with Crippen molar-refractivity contribution in [1.82, 2.24) is 10.1 Å². The summed E-state index contributed by atoms with van der Waals surface area (Å²) in [5.41, 5.74) is 0. The standard InChI is InChI=1S/C14H24N2O2/c1-4-12(17)10(3)14-15-13(16-18-14)11-7-5-9(2)6-8-11/h9-12,17H,4-8H2,1-3H3. The molecule has 18 heavy (non-hydrogen) atoms. The lowest BCUT2D eigenvalue weighted by Crippen LogP contribution is -2.15. The van der Waals surface area contributed by atoms with E-state index in [1.165, 1.54) is 12.8 Å². The molecule has 2 atom stereocenters. The summed E-state index contributed by atoms with van der Waals surface area (Å²) >= 11 is 0. The Morgan fingerprint density at radius 2 is 2.00 bits per heavy atom. The summed E-state index contributed by atoms with van der Waals surface area (Å²) in [6.07, 6.45) is 5.13. The molecule has 0 aliphatic heterocycles. The van der Waals surface area contributed by atoms with Crippen molar-refractivity contribution in [2.75, 3.05) is 0 Å². The number of rotatable bonds is 4. The number of aliphatic hydroxyl groups is 1. The summed E-state index contributed by atoms with van der Waals surface area (Å²) in [5.74, 6) is 2.63. The first-order valence-corrected chi connectivity index (χ1v) is 7.13. The molecule has 4 heteroatoms. The van der Waals surface area contributed by atoms with Gasteiger partial charge in [0.05, 0.1) is 12.0 Å². The van der Waals surface area contributed by atoms with Gasteiger partial charge in [0.25, 0.3) is 0 Å². The molecule has 1 heterocycles. The third-order valence-corrected chi connectivity index (χ3v) is 4.22. The lowest BCUT2D eigenvalue weighted by atomic mass is 9.83. The van der Waals surface area contributed by atoms with Gasteiger partial charge in [-0.05, 0) is 25.2 Å². The first-order valence-electron chi connectivity index (χ1n) is 7.13. The van der Waals surface area contributed by atoms with Crippen molar-refractivity contribution in [3.05, 3.63) is 11.7 Å². The Bertz CT molecular complexity index is 370. The van der Waals surface area contributed by atoms with Gasteiger partial charge < -0.3 is 9.63 Å². The van der Waals surface area contributed by atoms with E-state index in [-0.39, 0.29) is 5.92 Å². The molecule has 1 aromatic heterocycles. The molecular weight excluding hydrogens is 228 g/mol. The fraction of sp³-hybridized carbons (Fsp3) is 0.857. The number of aromatic nitrogens is 2. The molecule has 0 bridgehead atoms. The van der Waals surface area contributed by atoms with Crippen LogP contribution in [0.2, 0.25) is 0 Å². The van der Waals surface area contributed by atoms with E-state index in [0.717, 1.165) is 24.6 Å². The molecule has 1 aromatic rings. The van der Waals surface area contributed by atoms with Crippen molar-refractivity contribution < 1.29 is 9.63 Å². The lowest BCUT2D eigenvalue weighted by Gasteiger charge is -2.23. The fourth-order valence-electron chi connectivity index (χ4n) is 2.63. The van der Waals surface area contributed by atoms with Gasteiger partial charge in [0.15, 0.2) is 5.82 Å². The van der Waals surface area contributed by atoms with E-state index in [2.05, 4.69) is 17.1 Å². The van der Waals surface area contributed by atoms with Gasteiger partial charge in [-0.3, -0.25) is 0 Å². The van der Waals surface area contributed by atoms with Crippen LogP contribution in [0.15, 0.2) is 4.52 Å². The van der Waals surface area contributed by atoms with Crippen LogP contribution in [0.5, 0.6) is 0 Å². The number of hydrogen-bond donors (Lipinski definition) is 1. The molecule has 102 valence electrons. The lowest BCUT2D eigenvalue weighted by molar-refractivity contribution is 0.129. The van der Waals surface area contributed by atoms with Crippen molar-refractivity contribution in [2.45, 2.75) is 70.8 Å². The van der Waals surface area contributed by atoms with Gasteiger partial charge in [0.2, 0.25) is 5.89 Å². The second-order valence-electron chi connectivity index (χ2n) is 5.71. The maximum atomic E-state index is 9.81. The van der Waals surface area contributed by atoms with Gasteiger partial charge >= 0.3 is 0 Å². The Morgan fingerprint density at radius 1 is 1.33 bits per heavy atom. The van der Waals surface area contributed by atoms with E-state index >= 15 is 0 Å². The average molecular weight is 252 g/mol. The predicted octanol–water partition coefficient (Wildman–Crippen LogP) is 3.24. The smallest absolute Gasteiger partial charge is 0.232 e. The Hall–Kier alpha value is -0.900. The first-order chi connectivity index (χ1) is 8.61. The Kier molecular flexibility index (Phi) is 4.38. The van der Waals surface area contributed by atoms with Crippen LogP contribution in [-0.2, 0) is 0 Å². The second kappa shape index (κ2) is 5.83. The minimum Gasteiger partial charge on any atom is -0.392 e. The number of hydrogen-bond acceptors (Lipinski definition) is 4. The van der Waals surface area contributed by atoms with E-state index in [4.69, 9.17) is 4.52 Å². The van der Waals surface area contributed by atoms with E-state index in [9.17, 15) is 5.11 Å². The van der Waals surface area contributed by atoms with Crippen LogP contribution >= 0.6 is 0 Å². The van der Waals surface area contributed by atoms with Gasteiger partial charge in [-0.1, -0.05) is 38.8 Å². The van der Waals surface area contributed by atoms with E-state index < -0.39 is 6.10 Å². The van der Waals surface area contributed by atoms with Crippen LogP contribution in [0.25, 0.3) is 0 Å². The zero-order valence-electron chi connectivity index (χ0n) is 11.6. The third-order valence-electron chi connectivity index (χ3n) is 4.22. The molecule has 2 unspecified atom stereocenters. The van der Waals surface area contributed by atoms with Crippen LogP contribution in [-0.4, -0.2) is 21.4 Å². The molecule has 1 saturated carbocycles. The molecular formula is C14H24N2O2. The fourth-order valence-corrected chi connectivity index (χ4v) is 2.63. The van der Waals surface area contributed by atoms with Gasteiger partial charge in [0, 0.05) is 5.92 Å². The quantitative estimate of drug-likeness (QED) is 0.893. The molecule has 1 aliphatic rings. The molecule has 0 spiro atoms. The third kappa shape index (κ3) is 2.91. The number of nitrogens with zero attached hydrogens (tertiary/aromatic N) is 2. The molecule has 1 N–H and O–H groups in total. The van der Waals surface area contributed by atoms with E-state index in [0.29, 0.717) is 18.2 Å². The second-order valence-corrected chi connectivity index (χ2v) is 5.71. The van der Waals surface area contributed by atoms with Crippen molar-refractivity contribution in [1.29, 1.82) is 0 Å². The summed E-state index contributed by atoms with van der Waals surface area (Å²) in [4.78, 5) is 4.49. The molecule has 0 saturated heterocycles. The molecule has 4 nitrogen and oxygen atoms in total. The Balaban J connectivity index is 2.01. The first kappa shape index (κ1) is 13.5. The highest BCUT2D eigenvalue weighted by Gasteiger charge is 2.26. The largest absolute Gasteiger partial charge is 0.392 e. The molecule has 0 amide bonds. The minimum atomic E-state index is -0.398. The number of aliphatic hydroxyl groups excluding tert-OH is 1. The molecule has 0 radical (unpaired) electrons. The molecule has 0 aromatic carbocycles. The normalized spacial score (nSPS) is 28.0. The monoisotopic (exact) mass is 252 g/mol. The SMILES string of the molecule is CCC(O)C(C)c1nc(C2CCC(C)CC2)no1. The summed E-state index contributed by atoms with van der Waals surface area (Å²) in [6, 6.07) is 0. The van der Waals surface area contributed by atoms with Crippen LogP contribution in [0, 0.1) is 5.92 Å². The predicted molar refractivity (Wildman–Crippen MR) is 69.4 cm³/mol. The highest BCUT2D eigenvalue weighted by Crippen LogP contribution is 2.34. The average Bonchev–Trinajstić information content (AvgIpc) is 2.87. The van der Waals surface area contributed by atoms with Crippen LogP contribution in [0.4, 0.5) is 0 Å². The zero-order chi connectivity index (χ0) is 13.1. The van der Waals surface area contributed by atoms with E-state index in [1.54, 1.807) is 0 Å².